The monoisotopic (exact) mass is 477 g/mol. The van der Waals surface area contributed by atoms with Crippen LogP contribution in [0.25, 0.3) is 0 Å². The average molecular weight is 477 g/mol. The third-order valence-electron chi connectivity index (χ3n) is 6.03. The van der Waals surface area contributed by atoms with Crippen molar-refractivity contribution in [1.29, 1.82) is 0 Å². The van der Waals surface area contributed by atoms with Crippen molar-refractivity contribution >= 4 is 11.7 Å². The Kier molecular flexibility index (Phi) is 6.95. The molecule has 0 unspecified atom stereocenters. The summed E-state index contributed by atoms with van der Waals surface area (Å²) in [4.78, 5) is 13.9. The molecule has 3 atom stereocenters. The number of carbonyl (C=O) groups is 1. The molecule has 0 bridgehead atoms. The van der Waals surface area contributed by atoms with Gasteiger partial charge in [0.15, 0.2) is 0 Å². The average Bonchev–Trinajstić information content (AvgIpc) is 3.17. The van der Waals surface area contributed by atoms with Gasteiger partial charge in [-0.15, -0.1) is 0 Å². The van der Waals surface area contributed by atoms with Gasteiger partial charge in [0.05, 0.1) is 24.2 Å². The minimum atomic E-state index is -4.98. The molecule has 1 aliphatic rings. The Balaban J connectivity index is 2.12. The van der Waals surface area contributed by atoms with Gasteiger partial charge >= 0.3 is 18.3 Å². The number of halogens is 7. The van der Waals surface area contributed by atoms with Crippen molar-refractivity contribution in [3.8, 4) is 0 Å². The number of alkyl halides is 6. The van der Waals surface area contributed by atoms with E-state index in [1.54, 1.807) is 6.92 Å². The fourth-order valence-electron chi connectivity index (χ4n) is 4.60. The lowest BCUT2D eigenvalue weighted by atomic mass is 9.85. The summed E-state index contributed by atoms with van der Waals surface area (Å²) in [7, 11) is 1.21. The van der Waals surface area contributed by atoms with Crippen LogP contribution in [0.4, 0.5) is 36.4 Å². The first kappa shape index (κ1) is 24.9. The third kappa shape index (κ3) is 5.25. The van der Waals surface area contributed by atoms with Gasteiger partial charge in [-0.2, -0.15) is 26.3 Å². The molecule has 0 heterocycles. The molecule has 180 valence electrons. The first-order chi connectivity index (χ1) is 15.4. The zero-order chi connectivity index (χ0) is 24.6. The first-order valence-corrected chi connectivity index (χ1v) is 10.3. The van der Waals surface area contributed by atoms with E-state index >= 15 is 0 Å². The second kappa shape index (κ2) is 9.23. The predicted molar refractivity (Wildman–Crippen MR) is 107 cm³/mol. The van der Waals surface area contributed by atoms with Gasteiger partial charge in [0.2, 0.25) is 0 Å². The smallest absolute Gasteiger partial charge is 0.416 e. The van der Waals surface area contributed by atoms with E-state index in [4.69, 9.17) is 4.74 Å². The van der Waals surface area contributed by atoms with E-state index in [1.807, 2.05) is 0 Å². The van der Waals surface area contributed by atoms with Gasteiger partial charge < -0.3 is 9.64 Å². The maximum Gasteiger partial charge on any atom is 0.416 e. The van der Waals surface area contributed by atoms with Gasteiger partial charge in [-0.05, 0) is 55.7 Å². The van der Waals surface area contributed by atoms with Crippen LogP contribution in [0.5, 0.6) is 0 Å². The number of rotatable bonds is 5. The van der Waals surface area contributed by atoms with Gasteiger partial charge in [0.1, 0.15) is 5.82 Å². The number of ether oxygens (including phenoxy) is 1. The molecule has 2 aromatic carbocycles. The molecule has 3 nitrogen and oxygen atoms in total. The number of hydrogen-bond donors (Lipinski definition) is 0. The van der Waals surface area contributed by atoms with Crippen molar-refractivity contribution in [1.82, 2.24) is 0 Å². The van der Waals surface area contributed by atoms with Gasteiger partial charge in [0.25, 0.3) is 0 Å². The molecule has 0 radical (unpaired) electrons. The normalized spacial score (nSPS) is 21.2. The second-order valence-corrected chi connectivity index (χ2v) is 7.90. The van der Waals surface area contributed by atoms with E-state index in [9.17, 15) is 35.5 Å². The maximum atomic E-state index is 13.5. The molecule has 0 spiro atoms. The zero-order valence-corrected chi connectivity index (χ0v) is 17.8. The molecule has 2 aromatic rings. The molecule has 0 N–H and O–H groups in total. The van der Waals surface area contributed by atoms with E-state index in [0.717, 1.165) is 0 Å². The van der Waals surface area contributed by atoms with E-state index in [2.05, 4.69) is 0 Å². The number of likely N-dealkylation sites (N-methyl/N-ethyl adjacent to an activating group) is 1. The number of benzene rings is 2. The molecule has 0 amide bonds. The van der Waals surface area contributed by atoms with Crippen LogP contribution >= 0.6 is 0 Å². The molecule has 0 saturated heterocycles. The number of nitrogens with zero attached hydrogens (tertiary/aromatic N) is 1. The summed E-state index contributed by atoms with van der Waals surface area (Å²) in [6, 6.07) is 6.18. The van der Waals surface area contributed by atoms with Crippen molar-refractivity contribution in [3.05, 3.63) is 65.0 Å². The van der Waals surface area contributed by atoms with Crippen LogP contribution in [0.2, 0.25) is 0 Å². The number of anilines is 1. The molecule has 1 aliphatic carbocycles. The van der Waals surface area contributed by atoms with Crippen molar-refractivity contribution in [2.24, 2.45) is 5.92 Å². The Morgan fingerprint density at radius 3 is 1.97 bits per heavy atom. The third-order valence-corrected chi connectivity index (χ3v) is 6.03. The van der Waals surface area contributed by atoms with Crippen molar-refractivity contribution in [2.75, 3.05) is 18.6 Å². The Hall–Kier alpha value is -2.78. The lowest BCUT2D eigenvalue weighted by Crippen LogP contribution is -2.39. The Bertz CT molecular complexity index is 954. The quantitative estimate of drug-likeness (QED) is 0.368. The molecule has 3 rings (SSSR count). The van der Waals surface area contributed by atoms with Gasteiger partial charge in [0, 0.05) is 24.2 Å². The molecule has 0 aliphatic heterocycles. The zero-order valence-electron chi connectivity index (χ0n) is 17.8. The summed E-state index contributed by atoms with van der Waals surface area (Å²) >= 11 is 0. The topological polar surface area (TPSA) is 29.5 Å². The van der Waals surface area contributed by atoms with Crippen LogP contribution in [-0.2, 0) is 21.9 Å². The maximum absolute atomic E-state index is 13.5. The highest BCUT2D eigenvalue weighted by Crippen LogP contribution is 2.46. The summed E-state index contributed by atoms with van der Waals surface area (Å²) in [5.74, 6) is -2.33. The van der Waals surface area contributed by atoms with Crippen LogP contribution in [0.15, 0.2) is 42.5 Å². The van der Waals surface area contributed by atoms with Crippen LogP contribution in [-0.4, -0.2) is 25.7 Å². The van der Waals surface area contributed by atoms with Gasteiger partial charge in [-0.25, -0.2) is 4.39 Å². The predicted octanol–water partition coefficient (Wildman–Crippen LogP) is 6.43. The molecule has 1 fully saturated rings. The summed E-state index contributed by atoms with van der Waals surface area (Å²) in [6.45, 7) is 1.70. The highest BCUT2D eigenvalue weighted by molar-refractivity contribution is 5.75. The summed E-state index contributed by atoms with van der Waals surface area (Å²) in [5, 5.41) is 0. The van der Waals surface area contributed by atoms with Crippen LogP contribution in [0.3, 0.4) is 0 Å². The number of esters is 1. The molecule has 0 aromatic heterocycles. The fraction of sp³-hybridized carbons (Fsp3) is 0.435. The summed E-state index contributed by atoms with van der Waals surface area (Å²) < 4.78 is 98.7. The molecule has 33 heavy (non-hydrogen) atoms. The standard InChI is InChI=1S/C23H22F7NO2/c1-3-31(17-11-14(22(25,26)27)10-15(12-17)23(28,29)30)19-9-8-18(21(32)33-2)20(19)13-4-6-16(24)7-5-13/h4-7,10-12,18-20H,3,8-9H2,1-2H3/t18-,19+,20+/m1/s1. The van der Waals surface area contributed by atoms with Crippen LogP contribution in [0.1, 0.15) is 42.4 Å². The largest absolute Gasteiger partial charge is 0.469 e. The molecular formula is C23H22F7NO2. The van der Waals surface area contributed by atoms with Gasteiger partial charge in [-0.3, -0.25) is 4.79 Å². The number of methoxy groups -OCH3 is 1. The number of carbonyl (C=O) groups excluding carboxylic acids is 1. The van der Waals surface area contributed by atoms with Crippen LogP contribution < -0.4 is 4.90 Å². The van der Waals surface area contributed by atoms with Crippen LogP contribution in [0, 0.1) is 11.7 Å². The fourth-order valence-corrected chi connectivity index (χ4v) is 4.60. The minimum absolute atomic E-state index is 0.0840. The molecule has 1 saturated carbocycles. The van der Waals surface area contributed by atoms with E-state index in [0.29, 0.717) is 30.5 Å². The lowest BCUT2D eigenvalue weighted by Gasteiger charge is -2.36. The van der Waals surface area contributed by atoms with E-state index < -0.39 is 53.1 Å². The Morgan fingerprint density at radius 1 is 0.970 bits per heavy atom. The SMILES string of the molecule is CCN(c1cc(C(F)(F)F)cc(C(F)(F)F)c1)[C@H]1CC[C@@H](C(=O)OC)[C@@H]1c1ccc(F)cc1. The summed E-state index contributed by atoms with van der Waals surface area (Å²) in [5.41, 5.74) is -2.52. The van der Waals surface area contributed by atoms with Crippen molar-refractivity contribution in [3.63, 3.8) is 0 Å². The Morgan fingerprint density at radius 2 is 1.52 bits per heavy atom. The van der Waals surface area contributed by atoms with E-state index in [-0.39, 0.29) is 18.3 Å². The van der Waals surface area contributed by atoms with Gasteiger partial charge in [-0.1, -0.05) is 12.1 Å². The summed E-state index contributed by atoms with van der Waals surface area (Å²) in [6.07, 6.45) is -9.31. The second-order valence-electron chi connectivity index (χ2n) is 7.90. The van der Waals surface area contributed by atoms with Crippen molar-refractivity contribution in [2.45, 2.75) is 44.1 Å². The molecular weight excluding hydrogens is 455 g/mol. The van der Waals surface area contributed by atoms with Crippen molar-refractivity contribution < 1.29 is 40.3 Å². The lowest BCUT2D eigenvalue weighted by molar-refractivity contribution is -0.146. The Labute approximate surface area is 186 Å². The molecule has 10 heteroatoms. The first-order valence-electron chi connectivity index (χ1n) is 10.3. The van der Waals surface area contributed by atoms with E-state index in [1.165, 1.54) is 36.3 Å². The highest BCUT2D eigenvalue weighted by atomic mass is 19.4. The minimum Gasteiger partial charge on any atom is -0.469 e. The number of hydrogen-bond acceptors (Lipinski definition) is 3. The highest BCUT2D eigenvalue weighted by Gasteiger charge is 2.45.